The first-order valence-electron chi connectivity index (χ1n) is 7.75. The fraction of sp³-hybridized carbons (Fsp3) is 0.471. The number of piperidine rings is 1. The van der Waals surface area contributed by atoms with E-state index >= 15 is 0 Å². The SMILES string of the molecule is COc1ccc2c(c1)C=C(C(=O)N1CCCCC1CN)CO2. The van der Waals surface area contributed by atoms with Gasteiger partial charge in [-0.2, -0.15) is 0 Å². The van der Waals surface area contributed by atoms with Crippen molar-refractivity contribution in [3.05, 3.63) is 29.3 Å². The molecule has 0 aliphatic carbocycles. The zero-order valence-corrected chi connectivity index (χ0v) is 12.9. The predicted octanol–water partition coefficient (Wildman–Crippen LogP) is 1.81. The van der Waals surface area contributed by atoms with Crippen molar-refractivity contribution >= 4 is 12.0 Å². The largest absolute Gasteiger partial charge is 0.497 e. The minimum atomic E-state index is 0.0450. The molecule has 1 aromatic carbocycles. The van der Waals surface area contributed by atoms with Crippen molar-refractivity contribution in [3.8, 4) is 11.5 Å². The van der Waals surface area contributed by atoms with Crippen LogP contribution in [0.2, 0.25) is 0 Å². The number of ether oxygens (including phenoxy) is 2. The molecule has 0 bridgehead atoms. The topological polar surface area (TPSA) is 64.8 Å². The van der Waals surface area contributed by atoms with Crippen LogP contribution in [-0.4, -0.2) is 43.7 Å². The Bertz CT molecular complexity index is 598. The molecule has 2 N–H and O–H groups in total. The first-order valence-corrected chi connectivity index (χ1v) is 7.75. The highest BCUT2D eigenvalue weighted by atomic mass is 16.5. The van der Waals surface area contributed by atoms with Gasteiger partial charge in [0.05, 0.1) is 12.7 Å². The lowest BCUT2D eigenvalue weighted by atomic mass is 9.99. The molecule has 1 atom stereocenters. The van der Waals surface area contributed by atoms with Crippen molar-refractivity contribution in [2.24, 2.45) is 5.73 Å². The third-order valence-electron chi connectivity index (χ3n) is 4.36. The normalized spacial score (nSPS) is 20.7. The van der Waals surface area contributed by atoms with Crippen LogP contribution in [0.5, 0.6) is 11.5 Å². The van der Waals surface area contributed by atoms with Crippen LogP contribution >= 0.6 is 0 Å². The highest BCUT2D eigenvalue weighted by molar-refractivity contribution is 5.99. The maximum atomic E-state index is 12.8. The van der Waals surface area contributed by atoms with Crippen LogP contribution < -0.4 is 15.2 Å². The lowest BCUT2D eigenvalue weighted by Gasteiger charge is -2.36. The number of methoxy groups -OCH3 is 1. The maximum Gasteiger partial charge on any atom is 0.253 e. The van der Waals surface area contributed by atoms with Gasteiger partial charge in [-0.15, -0.1) is 0 Å². The molecule has 0 saturated carbocycles. The highest BCUT2D eigenvalue weighted by Crippen LogP contribution is 2.31. The molecule has 2 heterocycles. The van der Waals surface area contributed by atoms with E-state index in [1.165, 1.54) is 0 Å². The standard InChI is InChI=1S/C17H22N2O3/c1-21-15-5-6-16-12(9-15)8-13(11-22-16)17(20)19-7-3-2-4-14(19)10-18/h5-6,8-9,14H,2-4,7,10-11,18H2,1H3. The zero-order chi connectivity index (χ0) is 15.5. The Labute approximate surface area is 130 Å². The van der Waals surface area contributed by atoms with E-state index in [1.807, 2.05) is 29.2 Å². The average molecular weight is 302 g/mol. The fourth-order valence-corrected chi connectivity index (χ4v) is 3.10. The Morgan fingerprint density at radius 2 is 2.32 bits per heavy atom. The summed E-state index contributed by atoms with van der Waals surface area (Å²) in [5, 5.41) is 0. The van der Waals surface area contributed by atoms with Gasteiger partial charge in [-0.25, -0.2) is 0 Å². The molecule has 118 valence electrons. The number of benzene rings is 1. The molecule has 1 saturated heterocycles. The molecule has 0 spiro atoms. The van der Waals surface area contributed by atoms with E-state index in [0.717, 1.165) is 42.9 Å². The van der Waals surface area contributed by atoms with Gasteiger partial charge in [-0.1, -0.05) is 0 Å². The Hall–Kier alpha value is -2.01. The van der Waals surface area contributed by atoms with Gasteiger partial charge in [0.15, 0.2) is 0 Å². The number of nitrogens with two attached hydrogens (primary N) is 1. The molecule has 1 aromatic rings. The Kier molecular flexibility index (Phi) is 4.34. The summed E-state index contributed by atoms with van der Waals surface area (Å²) in [6, 6.07) is 5.76. The minimum Gasteiger partial charge on any atom is -0.497 e. The highest BCUT2D eigenvalue weighted by Gasteiger charge is 2.29. The number of carbonyl (C=O) groups excluding carboxylic acids is 1. The molecular formula is C17H22N2O3. The third kappa shape index (κ3) is 2.81. The number of hydrogen-bond donors (Lipinski definition) is 1. The minimum absolute atomic E-state index is 0.0450. The summed E-state index contributed by atoms with van der Waals surface area (Å²) in [6.07, 6.45) is 5.08. The lowest BCUT2D eigenvalue weighted by molar-refractivity contribution is -0.130. The van der Waals surface area contributed by atoms with Crippen LogP contribution in [-0.2, 0) is 4.79 Å². The Morgan fingerprint density at radius 3 is 3.09 bits per heavy atom. The van der Waals surface area contributed by atoms with Crippen molar-refractivity contribution < 1.29 is 14.3 Å². The van der Waals surface area contributed by atoms with Gasteiger partial charge < -0.3 is 20.1 Å². The number of hydrogen-bond acceptors (Lipinski definition) is 4. The zero-order valence-electron chi connectivity index (χ0n) is 12.9. The summed E-state index contributed by atoms with van der Waals surface area (Å²) in [5.41, 5.74) is 7.38. The first kappa shape index (κ1) is 14.9. The van der Waals surface area contributed by atoms with Gasteiger partial charge in [0.1, 0.15) is 18.1 Å². The second kappa shape index (κ2) is 6.40. The quantitative estimate of drug-likeness (QED) is 0.925. The van der Waals surface area contributed by atoms with E-state index in [4.69, 9.17) is 15.2 Å². The van der Waals surface area contributed by atoms with Crippen molar-refractivity contribution in [2.45, 2.75) is 25.3 Å². The molecule has 0 radical (unpaired) electrons. The molecule has 2 aliphatic rings. The van der Waals surface area contributed by atoms with Crippen molar-refractivity contribution in [2.75, 3.05) is 26.8 Å². The van der Waals surface area contributed by atoms with Crippen LogP contribution in [0.3, 0.4) is 0 Å². The van der Waals surface area contributed by atoms with E-state index in [-0.39, 0.29) is 11.9 Å². The maximum absolute atomic E-state index is 12.8. The van der Waals surface area contributed by atoms with Crippen molar-refractivity contribution in [1.29, 1.82) is 0 Å². The Morgan fingerprint density at radius 1 is 1.45 bits per heavy atom. The van der Waals surface area contributed by atoms with E-state index < -0.39 is 0 Å². The van der Waals surface area contributed by atoms with Crippen LogP contribution in [0.15, 0.2) is 23.8 Å². The number of amides is 1. The number of carbonyl (C=O) groups is 1. The van der Waals surface area contributed by atoms with E-state index in [2.05, 4.69) is 0 Å². The fourth-order valence-electron chi connectivity index (χ4n) is 3.10. The summed E-state index contributed by atoms with van der Waals surface area (Å²) in [4.78, 5) is 14.7. The number of rotatable bonds is 3. The van der Waals surface area contributed by atoms with Crippen molar-refractivity contribution in [3.63, 3.8) is 0 Å². The molecule has 1 amide bonds. The second-order valence-corrected chi connectivity index (χ2v) is 5.75. The third-order valence-corrected chi connectivity index (χ3v) is 4.36. The number of likely N-dealkylation sites (tertiary alicyclic amines) is 1. The number of fused-ring (bicyclic) bond motifs is 1. The lowest BCUT2D eigenvalue weighted by Crippen LogP contribution is -2.48. The van der Waals surface area contributed by atoms with Crippen LogP contribution in [0.4, 0.5) is 0 Å². The van der Waals surface area contributed by atoms with E-state index in [1.54, 1.807) is 7.11 Å². The van der Waals surface area contributed by atoms with Gasteiger partial charge in [0.25, 0.3) is 5.91 Å². The smallest absolute Gasteiger partial charge is 0.253 e. The predicted molar refractivity (Wildman–Crippen MR) is 84.9 cm³/mol. The second-order valence-electron chi connectivity index (χ2n) is 5.75. The van der Waals surface area contributed by atoms with E-state index in [9.17, 15) is 4.79 Å². The van der Waals surface area contributed by atoms with Gasteiger partial charge in [-0.05, 0) is 43.5 Å². The molecule has 2 aliphatic heterocycles. The van der Waals surface area contributed by atoms with Gasteiger partial charge >= 0.3 is 0 Å². The molecule has 1 fully saturated rings. The first-order chi connectivity index (χ1) is 10.7. The van der Waals surface area contributed by atoms with Crippen molar-refractivity contribution in [1.82, 2.24) is 4.90 Å². The molecule has 22 heavy (non-hydrogen) atoms. The van der Waals surface area contributed by atoms with Crippen LogP contribution in [0.1, 0.15) is 24.8 Å². The summed E-state index contributed by atoms with van der Waals surface area (Å²) in [7, 11) is 1.63. The summed E-state index contributed by atoms with van der Waals surface area (Å²) in [6.45, 7) is 1.61. The van der Waals surface area contributed by atoms with Gasteiger partial charge in [-0.3, -0.25) is 4.79 Å². The summed E-state index contributed by atoms with van der Waals surface area (Å²) >= 11 is 0. The molecule has 3 rings (SSSR count). The monoisotopic (exact) mass is 302 g/mol. The van der Waals surface area contributed by atoms with Crippen LogP contribution in [0, 0.1) is 0 Å². The molecule has 5 heteroatoms. The molecule has 0 aromatic heterocycles. The van der Waals surface area contributed by atoms with E-state index in [0.29, 0.717) is 18.7 Å². The molecular weight excluding hydrogens is 280 g/mol. The van der Waals surface area contributed by atoms with Crippen LogP contribution in [0.25, 0.3) is 6.08 Å². The van der Waals surface area contributed by atoms with Gasteiger partial charge in [0, 0.05) is 24.7 Å². The number of nitrogens with zero attached hydrogens (tertiary/aromatic N) is 1. The molecule has 5 nitrogen and oxygen atoms in total. The Balaban J connectivity index is 1.84. The molecule has 1 unspecified atom stereocenters. The summed E-state index contributed by atoms with van der Waals surface area (Å²) in [5.74, 6) is 1.58. The van der Waals surface area contributed by atoms with Gasteiger partial charge in [0.2, 0.25) is 0 Å². The average Bonchev–Trinajstić information content (AvgIpc) is 2.60. The summed E-state index contributed by atoms with van der Waals surface area (Å²) < 4.78 is 10.9.